The van der Waals surface area contributed by atoms with E-state index in [2.05, 4.69) is 25.3 Å². The monoisotopic (exact) mass is 292 g/mol. The minimum atomic E-state index is -0.451. The minimum absolute atomic E-state index is 0.0581. The van der Waals surface area contributed by atoms with Gasteiger partial charge in [0.05, 0.1) is 6.10 Å². The largest absolute Gasteiger partial charge is 0.491 e. The van der Waals surface area contributed by atoms with Gasteiger partial charge in [-0.25, -0.2) is 5.84 Å². The Balaban J connectivity index is 1.91. The van der Waals surface area contributed by atoms with Crippen molar-refractivity contribution in [1.29, 1.82) is 0 Å². The van der Waals surface area contributed by atoms with Gasteiger partial charge in [-0.05, 0) is 36.8 Å². The zero-order valence-electron chi connectivity index (χ0n) is 12.7. The SMILES string of the molecule is CCC(C)c1ccccc1OCC1CCC(C(=O)NN)O1. The van der Waals surface area contributed by atoms with Crippen molar-refractivity contribution in [3.63, 3.8) is 0 Å². The molecule has 1 amide bonds. The number of nitrogens with one attached hydrogen (secondary N) is 1. The molecule has 1 aromatic rings. The van der Waals surface area contributed by atoms with Crippen molar-refractivity contribution in [3.8, 4) is 5.75 Å². The molecule has 1 fully saturated rings. The molecule has 0 spiro atoms. The van der Waals surface area contributed by atoms with Crippen molar-refractivity contribution in [2.75, 3.05) is 6.61 Å². The second-order valence-electron chi connectivity index (χ2n) is 5.49. The van der Waals surface area contributed by atoms with Gasteiger partial charge < -0.3 is 9.47 Å². The number of hydrogen-bond donors (Lipinski definition) is 2. The van der Waals surface area contributed by atoms with Gasteiger partial charge in [0.2, 0.25) is 0 Å². The van der Waals surface area contributed by atoms with E-state index in [0.717, 1.165) is 18.6 Å². The summed E-state index contributed by atoms with van der Waals surface area (Å²) < 4.78 is 11.6. The van der Waals surface area contributed by atoms with E-state index in [4.69, 9.17) is 15.3 Å². The summed E-state index contributed by atoms with van der Waals surface area (Å²) in [7, 11) is 0. The summed E-state index contributed by atoms with van der Waals surface area (Å²) in [6.45, 7) is 4.81. The fourth-order valence-corrected chi connectivity index (χ4v) is 2.54. The van der Waals surface area contributed by atoms with Crippen LogP contribution in [-0.2, 0) is 9.53 Å². The van der Waals surface area contributed by atoms with Crippen LogP contribution in [0.3, 0.4) is 0 Å². The van der Waals surface area contributed by atoms with E-state index in [1.165, 1.54) is 5.56 Å². The summed E-state index contributed by atoms with van der Waals surface area (Å²) in [5.41, 5.74) is 3.35. The molecule has 0 bridgehead atoms. The molecule has 0 radical (unpaired) electrons. The van der Waals surface area contributed by atoms with Crippen molar-refractivity contribution in [2.24, 2.45) is 5.84 Å². The van der Waals surface area contributed by atoms with E-state index < -0.39 is 6.10 Å². The second-order valence-corrected chi connectivity index (χ2v) is 5.49. The minimum Gasteiger partial charge on any atom is -0.491 e. The van der Waals surface area contributed by atoms with Crippen LogP contribution < -0.4 is 16.0 Å². The third-order valence-electron chi connectivity index (χ3n) is 4.03. The molecule has 5 nitrogen and oxygen atoms in total. The molecule has 3 atom stereocenters. The smallest absolute Gasteiger partial charge is 0.263 e. The number of amides is 1. The number of ether oxygens (including phenoxy) is 2. The van der Waals surface area contributed by atoms with Gasteiger partial charge in [-0.15, -0.1) is 0 Å². The van der Waals surface area contributed by atoms with Crippen molar-refractivity contribution in [2.45, 2.75) is 51.2 Å². The molecular formula is C16H24N2O3. The Morgan fingerprint density at radius 3 is 2.95 bits per heavy atom. The van der Waals surface area contributed by atoms with Crippen LogP contribution in [0, 0.1) is 0 Å². The van der Waals surface area contributed by atoms with E-state index >= 15 is 0 Å². The summed E-state index contributed by atoms with van der Waals surface area (Å²) in [5.74, 6) is 6.22. The van der Waals surface area contributed by atoms with Crippen LogP contribution in [0.5, 0.6) is 5.75 Å². The molecule has 1 heterocycles. The molecule has 0 aromatic heterocycles. The van der Waals surface area contributed by atoms with Crippen molar-refractivity contribution in [1.82, 2.24) is 5.43 Å². The van der Waals surface area contributed by atoms with E-state index in [1.54, 1.807) is 0 Å². The number of hydrazine groups is 1. The number of nitrogens with two attached hydrogens (primary N) is 1. The summed E-state index contributed by atoms with van der Waals surface area (Å²) in [6.07, 6.45) is 2.05. The first-order valence-corrected chi connectivity index (χ1v) is 7.53. The molecule has 0 saturated carbocycles. The first-order valence-electron chi connectivity index (χ1n) is 7.53. The van der Waals surface area contributed by atoms with Crippen molar-refractivity contribution in [3.05, 3.63) is 29.8 Å². The lowest BCUT2D eigenvalue weighted by Gasteiger charge is -2.18. The fourth-order valence-electron chi connectivity index (χ4n) is 2.54. The molecule has 116 valence electrons. The van der Waals surface area contributed by atoms with Crippen LogP contribution in [0.4, 0.5) is 0 Å². The number of carbonyl (C=O) groups excluding carboxylic acids is 1. The Bertz CT molecular complexity index is 478. The number of carbonyl (C=O) groups is 1. The first kappa shape index (κ1) is 15.8. The lowest BCUT2D eigenvalue weighted by molar-refractivity contribution is -0.132. The Morgan fingerprint density at radius 1 is 1.48 bits per heavy atom. The highest BCUT2D eigenvalue weighted by molar-refractivity contribution is 5.80. The number of para-hydroxylation sites is 1. The van der Waals surface area contributed by atoms with Gasteiger partial charge in [-0.3, -0.25) is 10.2 Å². The van der Waals surface area contributed by atoms with E-state index in [1.807, 2.05) is 18.2 Å². The lowest BCUT2D eigenvalue weighted by Crippen LogP contribution is -2.39. The van der Waals surface area contributed by atoms with Crippen LogP contribution >= 0.6 is 0 Å². The van der Waals surface area contributed by atoms with E-state index in [9.17, 15) is 4.79 Å². The molecule has 3 unspecified atom stereocenters. The Morgan fingerprint density at radius 2 is 2.24 bits per heavy atom. The Hall–Kier alpha value is -1.59. The second kappa shape index (κ2) is 7.43. The average molecular weight is 292 g/mol. The highest BCUT2D eigenvalue weighted by atomic mass is 16.5. The zero-order chi connectivity index (χ0) is 15.2. The van der Waals surface area contributed by atoms with Crippen LogP contribution in [0.25, 0.3) is 0 Å². The molecule has 1 aliphatic rings. The fraction of sp³-hybridized carbons (Fsp3) is 0.562. The zero-order valence-corrected chi connectivity index (χ0v) is 12.7. The summed E-state index contributed by atoms with van der Waals surface area (Å²) in [5, 5.41) is 0. The van der Waals surface area contributed by atoms with Crippen LogP contribution in [0.2, 0.25) is 0 Å². The van der Waals surface area contributed by atoms with Gasteiger partial charge >= 0.3 is 0 Å². The third-order valence-corrected chi connectivity index (χ3v) is 4.03. The normalized spacial score (nSPS) is 22.8. The van der Waals surface area contributed by atoms with E-state index in [0.29, 0.717) is 18.9 Å². The predicted octanol–water partition coefficient (Wildman–Crippen LogP) is 2.12. The molecule has 2 rings (SSSR count). The first-order chi connectivity index (χ1) is 10.2. The highest BCUT2D eigenvalue weighted by Gasteiger charge is 2.30. The molecule has 0 aliphatic carbocycles. The standard InChI is InChI=1S/C16H24N2O3/c1-3-11(2)13-6-4-5-7-14(13)20-10-12-8-9-15(21-12)16(19)18-17/h4-7,11-12,15H,3,8-10,17H2,1-2H3,(H,18,19). The van der Waals surface area contributed by atoms with Gasteiger partial charge in [0.15, 0.2) is 0 Å². The van der Waals surface area contributed by atoms with E-state index in [-0.39, 0.29) is 12.0 Å². The highest BCUT2D eigenvalue weighted by Crippen LogP contribution is 2.29. The summed E-state index contributed by atoms with van der Waals surface area (Å²) in [4.78, 5) is 11.4. The molecular weight excluding hydrogens is 268 g/mol. The number of hydrogen-bond acceptors (Lipinski definition) is 4. The van der Waals surface area contributed by atoms with Crippen LogP contribution in [-0.4, -0.2) is 24.7 Å². The molecule has 21 heavy (non-hydrogen) atoms. The van der Waals surface area contributed by atoms with Crippen molar-refractivity contribution >= 4 is 5.91 Å². The maximum atomic E-state index is 11.4. The average Bonchev–Trinajstić information content (AvgIpc) is 3.00. The maximum absolute atomic E-state index is 11.4. The van der Waals surface area contributed by atoms with Gasteiger partial charge in [0.25, 0.3) is 5.91 Å². The van der Waals surface area contributed by atoms with Gasteiger partial charge in [-0.2, -0.15) is 0 Å². The lowest BCUT2D eigenvalue weighted by atomic mass is 9.98. The molecule has 3 N–H and O–H groups in total. The molecule has 1 aliphatic heterocycles. The van der Waals surface area contributed by atoms with Crippen LogP contribution in [0.1, 0.15) is 44.6 Å². The van der Waals surface area contributed by atoms with Crippen molar-refractivity contribution < 1.29 is 14.3 Å². The Kier molecular flexibility index (Phi) is 5.59. The summed E-state index contributed by atoms with van der Waals surface area (Å²) in [6, 6.07) is 8.09. The number of benzene rings is 1. The predicted molar refractivity (Wildman–Crippen MR) is 80.9 cm³/mol. The molecule has 1 saturated heterocycles. The Labute approximate surface area is 125 Å². The van der Waals surface area contributed by atoms with Gasteiger partial charge in [0.1, 0.15) is 18.5 Å². The quantitative estimate of drug-likeness (QED) is 0.478. The van der Waals surface area contributed by atoms with Crippen LogP contribution in [0.15, 0.2) is 24.3 Å². The molecule has 5 heteroatoms. The van der Waals surface area contributed by atoms with Gasteiger partial charge in [-0.1, -0.05) is 32.0 Å². The summed E-state index contributed by atoms with van der Waals surface area (Å²) >= 11 is 0. The number of rotatable bonds is 6. The maximum Gasteiger partial charge on any atom is 0.263 e. The topological polar surface area (TPSA) is 73.6 Å². The molecule has 1 aromatic carbocycles. The third kappa shape index (κ3) is 3.95. The van der Waals surface area contributed by atoms with Gasteiger partial charge in [0, 0.05) is 0 Å².